The van der Waals surface area contributed by atoms with Crippen LogP contribution in [0.5, 0.6) is 0 Å². The molecule has 0 spiro atoms. The third-order valence-corrected chi connectivity index (χ3v) is 3.74. The zero-order valence-electron chi connectivity index (χ0n) is 14.1. The first kappa shape index (κ1) is 18.0. The molecule has 2 rings (SSSR count). The smallest absolute Gasteiger partial charge is 0.315 e. The van der Waals surface area contributed by atoms with Crippen LogP contribution in [0.1, 0.15) is 23.6 Å². The van der Waals surface area contributed by atoms with Gasteiger partial charge in [0.15, 0.2) is 0 Å². The minimum Gasteiger partial charge on any atom is -0.384 e. The Labute approximate surface area is 142 Å². The van der Waals surface area contributed by atoms with Crippen molar-refractivity contribution in [1.29, 1.82) is 0 Å². The molecule has 0 saturated carbocycles. The van der Waals surface area contributed by atoms with Crippen molar-refractivity contribution in [3.8, 4) is 0 Å². The third kappa shape index (κ3) is 5.37. The number of hydrogen-bond acceptors (Lipinski definition) is 3. The average Bonchev–Trinajstić information content (AvgIpc) is 2.60. The summed E-state index contributed by atoms with van der Waals surface area (Å²) >= 11 is 0. The maximum atomic E-state index is 11.9. The van der Waals surface area contributed by atoms with Gasteiger partial charge in [0, 0.05) is 13.7 Å². The Morgan fingerprint density at radius 2 is 1.79 bits per heavy atom. The van der Waals surface area contributed by atoms with E-state index in [1.165, 1.54) is 0 Å². The molecule has 0 aromatic heterocycles. The Hall–Kier alpha value is -2.37. The molecule has 0 saturated heterocycles. The zero-order valence-corrected chi connectivity index (χ0v) is 14.1. The summed E-state index contributed by atoms with van der Waals surface area (Å²) in [4.78, 5) is 11.9. The van der Waals surface area contributed by atoms with Crippen LogP contribution in [0.15, 0.2) is 54.6 Å². The Bertz CT molecular complexity index is 657. The lowest BCUT2D eigenvalue weighted by atomic mass is 9.96. The molecule has 0 heterocycles. The number of carbonyl (C=O) groups excluding carboxylic acids is 1. The summed E-state index contributed by atoms with van der Waals surface area (Å²) in [5.74, 6) is 0. The molecule has 24 heavy (non-hydrogen) atoms. The molecule has 1 unspecified atom stereocenters. The van der Waals surface area contributed by atoms with Gasteiger partial charge in [0.1, 0.15) is 5.60 Å². The minimum atomic E-state index is -1.11. The van der Waals surface area contributed by atoms with E-state index in [0.29, 0.717) is 13.2 Å². The Morgan fingerprint density at radius 1 is 1.08 bits per heavy atom. The molecule has 5 heteroatoms. The fourth-order valence-electron chi connectivity index (χ4n) is 2.39. The van der Waals surface area contributed by atoms with Crippen molar-refractivity contribution < 1.29 is 14.6 Å². The first-order chi connectivity index (χ1) is 11.5. The molecule has 0 bridgehead atoms. The molecular formula is C19H24N2O3. The van der Waals surface area contributed by atoms with Crippen molar-refractivity contribution >= 4 is 6.03 Å². The lowest BCUT2D eigenvalue weighted by Gasteiger charge is -2.24. The summed E-state index contributed by atoms with van der Waals surface area (Å²) in [5, 5.41) is 16.0. The predicted molar refractivity (Wildman–Crippen MR) is 93.4 cm³/mol. The van der Waals surface area contributed by atoms with Crippen molar-refractivity contribution in [3.05, 3.63) is 71.3 Å². The van der Waals surface area contributed by atoms with E-state index in [9.17, 15) is 9.90 Å². The van der Waals surface area contributed by atoms with Crippen LogP contribution in [0, 0.1) is 0 Å². The van der Waals surface area contributed by atoms with Gasteiger partial charge < -0.3 is 20.5 Å². The second kappa shape index (κ2) is 8.47. The number of ether oxygens (including phenoxy) is 1. The van der Waals surface area contributed by atoms with Crippen molar-refractivity contribution in [1.82, 2.24) is 10.6 Å². The highest BCUT2D eigenvalue weighted by atomic mass is 16.5. The second-order valence-electron chi connectivity index (χ2n) is 5.93. The van der Waals surface area contributed by atoms with Crippen LogP contribution in [0.4, 0.5) is 4.79 Å². The molecule has 0 aliphatic heterocycles. The maximum absolute atomic E-state index is 11.9. The number of amides is 2. The van der Waals surface area contributed by atoms with Gasteiger partial charge in [-0.05, 0) is 23.6 Å². The van der Waals surface area contributed by atoms with E-state index < -0.39 is 5.60 Å². The number of aliphatic hydroxyl groups is 1. The van der Waals surface area contributed by atoms with E-state index in [1.54, 1.807) is 14.0 Å². The highest BCUT2D eigenvalue weighted by Gasteiger charge is 2.23. The van der Waals surface area contributed by atoms with Gasteiger partial charge in [-0.3, -0.25) is 0 Å². The van der Waals surface area contributed by atoms with Gasteiger partial charge in [-0.15, -0.1) is 0 Å². The van der Waals surface area contributed by atoms with Crippen LogP contribution in [0.2, 0.25) is 0 Å². The van der Waals surface area contributed by atoms with Crippen molar-refractivity contribution in [2.75, 3.05) is 13.7 Å². The van der Waals surface area contributed by atoms with Crippen LogP contribution in [0.3, 0.4) is 0 Å². The quantitative estimate of drug-likeness (QED) is 0.731. The maximum Gasteiger partial charge on any atom is 0.315 e. The number of rotatable bonds is 7. The van der Waals surface area contributed by atoms with Crippen LogP contribution < -0.4 is 10.6 Å². The van der Waals surface area contributed by atoms with E-state index in [4.69, 9.17) is 4.74 Å². The number of hydrogen-bond donors (Lipinski definition) is 3. The molecule has 2 aromatic carbocycles. The standard InChI is InChI=1S/C19H24N2O3/c1-19(23,17-9-4-3-5-10-17)14-21-18(22)20-12-15-7-6-8-16(11-15)13-24-2/h3-11,23H,12-14H2,1-2H3,(H2,20,21,22). The van der Waals surface area contributed by atoms with Gasteiger partial charge in [-0.25, -0.2) is 4.79 Å². The van der Waals surface area contributed by atoms with Crippen LogP contribution in [-0.4, -0.2) is 24.8 Å². The summed E-state index contributed by atoms with van der Waals surface area (Å²) in [7, 11) is 1.65. The third-order valence-electron chi connectivity index (χ3n) is 3.74. The highest BCUT2D eigenvalue weighted by molar-refractivity contribution is 5.73. The average molecular weight is 328 g/mol. The predicted octanol–water partition coefficient (Wildman–Crippen LogP) is 2.54. The van der Waals surface area contributed by atoms with Crippen molar-refractivity contribution in [2.45, 2.75) is 25.7 Å². The summed E-state index contributed by atoms with van der Waals surface area (Å²) in [6.07, 6.45) is 0. The van der Waals surface area contributed by atoms with Gasteiger partial charge in [0.05, 0.1) is 13.2 Å². The fraction of sp³-hybridized carbons (Fsp3) is 0.316. The highest BCUT2D eigenvalue weighted by Crippen LogP contribution is 2.18. The van der Waals surface area contributed by atoms with E-state index in [1.807, 2.05) is 54.6 Å². The SMILES string of the molecule is COCc1cccc(CNC(=O)NCC(C)(O)c2ccccc2)c1. The van der Waals surface area contributed by atoms with Crippen LogP contribution in [0.25, 0.3) is 0 Å². The lowest BCUT2D eigenvalue weighted by molar-refractivity contribution is 0.0594. The number of nitrogens with one attached hydrogen (secondary N) is 2. The Morgan fingerprint density at radius 3 is 2.50 bits per heavy atom. The van der Waals surface area contributed by atoms with Crippen LogP contribution in [-0.2, 0) is 23.5 Å². The normalized spacial score (nSPS) is 13.1. The number of benzene rings is 2. The summed E-state index contributed by atoms with van der Waals surface area (Å²) in [6.45, 7) is 2.76. The second-order valence-corrected chi connectivity index (χ2v) is 5.93. The molecule has 0 fully saturated rings. The minimum absolute atomic E-state index is 0.132. The molecule has 1 atom stereocenters. The first-order valence-electron chi connectivity index (χ1n) is 7.87. The van der Waals surface area contributed by atoms with Gasteiger partial charge in [0.25, 0.3) is 0 Å². The topological polar surface area (TPSA) is 70.6 Å². The van der Waals surface area contributed by atoms with E-state index in [0.717, 1.165) is 16.7 Å². The summed E-state index contributed by atoms with van der Waals surface area (Å²) in [6, 6.07) is 16.8. The summed E-state index contributed by atoms with van der Waals surface area (Å²) in [5.41, 5.74) is 1.70. The van der Waals surface area contributed by atoms with Gasteiger partial charge in [0.2, 0.25) is 0 Å². The summed E-state index contributed by atoms with van der Waals surface area (Å²) < 4.78 is 5.10. The van der Waals surface area contributed by atoms with Gasteiger partial charge in [-0.2, -0.15) is 0 Å². The van der Waals surface area contributed by atoms with E-state index in [-0.39, 0.29) is 12.6 Å². The van der Waals surface area contributed by atoms with E-state index in [2.05, 4.69) is 10.6 Å². The molecule has 5 nitrogen and oxygen atoms in total. The largest absolute Gasteiger partial charge is 0.384 e. The Balaban J connectivity index is 1.82. The zero-order chi connectivity index (χ0) is 17.4. The van der Waals surface area contributed by atoms with Gasteiger partial charge >= 0.3 is 6.03 Å². The molecule has 0 aliphatic carbocycles. The lowest BCUT2D eigenvalue weighted by Crippen LogP contribution is -2.43. The van der Waals surface area contributed by atoms with Crippen LogP contribution >= 0.6 is 0 Å². The van der Waals surface area contributed by atoms with E-state index >= 15 is 0 Å². The molecule has 2 aromatic rings. The van der Waals surface area contributed by atoms with Gasteiger partial charge in [-0.1, -0.05) is 54.6 Å². The monoisotopic (exact) mass is 328 g/mol. The molecule has 0 aliphatic rings. The molecule has 3 N–H and O–H groups in total. The fourth-order valence-corrected chi connectivity index (χ4v) is 2.39. The van der Waals surface area contributed by atoms with Crippen molar-refractivity contribution in [2.24, 2.45) is 0 Å². The first-order valence-corrected chi connectivity index (χ1v) is 7.87. The molecule has 2 amide bonds. The number of carbonyl (C=O) groups is 1. The molecule has 0 radical (unpaired) electrons. The number of methoxy groups -OCH3 is 1. The molecule has 128 valence electrons. The van der Waals surface area contributed by atoms with Crippen molar-refractivity contribution in [3.63, 3.8) is 0 Å². The Kier molecular flexibility index (Phi) is 6.35. The number of urea groups is 1. The molecular weight excluding hydrogens is 304 g/mol.